The standard InChI is InChI=1S/C23H26N4O2/c1-16(2)29-21-12-7-18(8-13-21)26-23(28)22-14-9-19(15-24-22)25-17-5-10-20(11-6-17)27(3)4/h5-16,25H,1-4H3,(H,26,28). The van der Waals surface area contributed by atoms with E-state index in [0.717, 1.165) is 22.8 Å². The Bertz CT molecular complexity index is 934. The first-order valence-corrected chi connectivity index (χ1v) is 9.49. The lowest BCUT2D eigenvalue weighted by Gasteiger charge is -2.13. The topological polar surface area (TPSA) is 66.5 Å². The van der Waals surface area contributed by atoms with Gasteiger partial charge in [-0.2, -0.15) is 0 Å². The van der Waals surface area contributed by atoms with Crippen LogP contribution in [0.25, 0.3) is 0 Å². The van der Waals surface area contributed by atoms with Gasteiger partial charge in [0.1, 0.15) is 11.4 Å². The highest BCUT2D eigenvalue weighted by atomic mass is 16.5. The number of aromatic nitrogens is 1. The first kappa shape index (κ1) is 20.2. The number of carbonyl (C=O) groups is 1. The van der Waals surface area contributed by atoms with Crippen molar-refractivity contribution in [1.82, 2.24) is 4.98 Å². The summed E-state index contributed by atoms with van der Waals surface area (Å²) in [5.41, 5.74) is 3.94. The minimum Gasteiger partial charge on any atom is -0.491 e. The van der Waals surface area contributed by atoms with Gasteiger partial charge in [0.2, 0.25) is 0 Å². The van der Waals surface area contributed by atoms with Crippen LogP contribution in [0.5, 0.6) is 5.75 Å². The van der Waals surface area contributed by atoms with Gasteiger partial charge in [-0.15, -0.1) is 0 Å². The van der Waals surface area contributed by atoms with Crippen molar-refractivity contribution < 1.29 is 9.53 Å². The molecule has 150 valence electrons. The van der Waals surface area contributed by atoms with Crippen molar-refractivity contribution in [2.24, 2.45) is 0 Å². The number of rotatable bonds is 7. The van der Waals surface area contributed by atoms with Crippen LogP contribution in [0.4, 0.5) is 22.7 Å². The van der Waals surface area contributed by atoms with Crippen molar-refractivity contribution in [3.63, 3.8) is 0 Å². The molecule has 1 aromatic heterocycles. The quantitative estimate of drug-likeness (QED) is 0.599. The Labute approximate surface area is 171 Å². The molecule has 3 rings (SSSR count). The number of benzene rings is 2. The summed E-state index contributed by atoms with van der Waals surface area (Å²) in [6.45, 7) is 3.94. The molecule has 6 nitrogen and oxygen atoms in total. The normalized spacial score (nSPS) is 10.5. The largest absolute Gasteiger partial charge is 0.491 e. The highest BCUT2D eigenvalue weighted by molar-refractivity contribution is 6.03. The highest BCUT2D eigenvalue weighted by Gasteiger charge is 2.08. The van der Waals surface area contributed by atoms with Gasteiger partial charge in [-0.1, -0.05) is 0 Å². The molecule has 2 N–H and O–H groups in total. The summed E-state index contributed by atoms with van der Waals surface area (Å²) in [5.74, 6) is 0.509. The van der Waals surface area contributed by atoms with Gasteiger partial charge in [0.15, 0.2) is 0 Å². The number of amides is 1. The molecule has 0 aliphatic carbocycles. The lowest BCUT2D eigenvalue weighted by molar-refractivity contribution is 0.102. The van der Waals surface area contributed by atoms with Gasteiger partial charge in [0, 0.05) is 31.2 Å². The van der Waals surface area contributed by atoms with Crippen molar-refractivity contribution in [1.29, 1.82) is 0 Å². The summed E-state index contributed by atoms with van der Waals surface area (Å²) in [6.07, 6.45) is 1.76. The molecule has 6 heteroatoms. The second-order valence-corrected chi connectivity index (χ2v) is 7.14. The van der Waals surface area contributed by atoms with Crippen LogP contribution >= 0.6 is 0 Å². The van der Waals surface area contributed by atoms with Crippen molar-refractivity contribution in [3.8, 4) is 5.75 Å². The third-order valence-electron chi connectivity index (χ3n) is 4.15. The summed E-state index contributed by atoms with van der Waals surface area (Å²) >= 11 is 0. The summed E-state index contributed by atoms with van der Waals surface area (Å²) in [7, 11) is 4.01. The predicted molar refractivity (Wildman–Crippen MR) is 118 cm³/mol. The third-order valence-corrected chi connectivity index (χ3v) is 4.15. The number of hydrogen-bond acceptors (Lipinski definition) is 5. The van der Waals surface area contributed by atoms with Crippen molar-refractivity contribution in [3.05, 3.63) is 72.6 Å². The number of carbonyl (C=O) groups excluding carboxylic acids is 1. The van der Waals surface area contributed by atoms with Crippen LogP contribution in [0.2, 0.25) is 0 Å². The van der Waals surface area contributed by atoms with E-state index in [9.17, 15) is 4.79 Å². The highest BCUT2D eigenvalue weighted by Crippen LogP contribution is 2.20. The number of anilines is 4. The lowest BCUT2D eigenvalue weighted by Crippen LogP contribution is -2.13. The Morgan fingerprint density at radius 3 is 2.07 bits per heavy atom. The molecule has 0 saturated carbocycles. The number of pyridine rings is 1. The average molecular weight is 390 g/mol. The van der Waals surface area contributed by atoms with E-state index in [4.69, 9.17) is 4.74 Å². The molecule has 3 aromatic rings. The van der Waals surface area contributed by atoms with E-state index < -0.39 is 0 Å². The molecular weight excluding hydrogens is 364 g/mol. The molecule has 0 fully saturated rings. The number of hydrogen-bond donors (Lipinski definition) is 2. The molecule has 0 atom stereocenters. The molecule has 0 aliphatic heterocycles. The zero-order valence-electron chi connectivity index (χ0n) is 17.1. The number of nitrogens with one attached hydrogen (secondary N) is 2. The second kappa shape index (κ2) is 9.10. The molecule has 1 amide bonds. The van der Waals surface area contributed by atoms with E-state index in [2.05, 4.69) is 15.6 Å². The lowest BCUT2D eigenvalue weighted by atomic mass is 10.2. The van der Waals surface area contributed by atoms with Gasteiger partial charge in [-0.3, -0.25) is 4.79 Å². The van der Waals surface area contributed by atoms with Crippen LogP contribution < -0.4 is 20.3 Å². The Morgan fingerprint density at radius 1 is 0.897 bits per heavy atom. The molecular formula is C23H26N4O2. The van der Waals surface area contributed by atoms with Gasteiger partial charge in [0.05, 0.1) is 18.0 Å². The van der Waals surface area contributed by atoms with Crippen LogP contribution in [-0.4, -0.2) is 31.1 Å². The summed E-state index contributed by atoms with van der Waals surface area (Å²) in [6, 6.07) is 18.9. The van der Waals surface area contributed by atoms with Gasteiger partial charge < -0.3 is 20.3 Å². The zero-order valence-corrected chi connectivity index (χ0v) is 17.1. The maximum atomic E-state index is 12.4. The zero-order chi connectivity index (χ0) is 20.8. The van der Waals surface area contributed by atoms with Crippen molar-refractivity contribution in [2.75, 3.05) is 29.6 Å². The van der Waals surface area contributed by atoms with Gasteiger partial charge in [0.25, 0.3) is 5.91 Å². The third kappa shape index (κ3) is 5.72. The van der Waals surface area contributed by atoms with E-state index in [-0.39, 0.29) is 12.0 Å². The average Bonchev–Trinajstić information content (AvgIpc) is 2.70. The number of ether oxygens (including phenoxy) is 1. The second-order valence-electron chi connectivity index (χ2n) is 7.14. The van der Waals surface area contributed by atoms with Crippen molar-refractivity contribution >= 4 is 28.7 Å². The Hall–Kier alpha value is -3.54. The van der Waals surface area contributed by atoms with Crippen LogP contribution in [0, 0.1) is 0 Å². The molecule has 0 unspecified atom stereocenters. The molecule has 0 bridgehead atoms. The fraction of sp³-hybridized carbons (Fsp3) is 0.217. The Kier molecular flexibility index (Phi) is 6.34. The summed E-state index contributed by atoms with van der Waals surface area (Å²) < 4.78 is 5.60. The van der Waals surface area contributed by atoms with Crippen molar-refractivity contribution in [2.45, 2.75) is 20.0 Å². The molecule has 29 heavy (non-hydrogen) atoms. The first-order valence-electron chi connectivity index (χ1n) is 9.49. The first-order chi connectivity index (χ1) is 13.9. The monoisotopic (exact) mass is 390 g/mol. The van der Waals surface area contributed by atoms with Gasteiger partial charge in [-0.05, 0) is 74.5 Å². The number of nitrogens with zero attached hydrogens (tertiary/aromatic N) is 2. The summed E-state index contributed by atoms with van der Waals surface area (Å²) in [4.78, 5) is 18.7. The maximum absolute atomic E-state index is 12.4. The van der Waals surface area contributed by atoms with Gasteiger partial charge in [-0.25, -0.2) is 4.98 Å². The minimum absolute atomic E-state index is 0.109. The van der Waals surface area contributed by atoms with Crippen LogP contribution in [-0.2, 0) is 0 Å². The molecule has 0 spiro atoms. The fourth-order valence-corrected chi connectivity index (χ4v) is 2.70. The fourth-order valence-electron chi connectivity index (χ4n) is 2.70. The minimum atomic E-state index is -0.260. The van der Waals surface area contributed by atoms with Crippen LogP contribution in [0.1, 0.15) is 24.3 Å². The van der Waals surface area contributed by atoms with Crippen LogP contribution in [0.3, 0.4) is 0 Å². The van der Waals surface area contributed by atoms with E-state index >= 15 is 0 Å². The molecule has 1 heterocycles. The van der Waals surface area contributed by atoms with E-state index in [1.54, 1.807) is 12.3 Å². The van der Waals surface area contributed by atoms with E-state index in [1.807, 2.05) is 87.4 Å². The van der Waals surface area contributed by atoms with E-state index in [0.29, 0.717) is 11.4 Å². The molecule has 0 radical (unpaired) electrons. The molecule has 0 saturated heterocycles. The molecule has 0 aliphatic rings. The predicted octanol–water partition coefficient (Wildman–Crippen LogP) is 4.93. The SMILES string of the molecule is CC(C)Oc1ccc(NC(=O)c2ccc(Nc3ccc(N(C)C)cc3)cn2)cc1. The smallest absolute Gasteiger partial charge is 0.274 e. The Morgan fingerprint density at radius 2 is 1.52 bits per heavy atom. The Balaban J connectivity index is 1.59. The van der Waals surface area contributed by atoms with E-state index in [1.165, 1.54) is 0 Å². The van der Waals surface area contributed by atoms with Gasteiger partial charge >= 0.3 is 0 Å². The maximum Gasteiger partial charge on any atom is 0.274 e. The molecule has 2 aromatic carbocycles. The van der Waals surface area contributed by atoms with Crippen LogP contribution in [0.15, 0.2) is 66.9 Å². The summed E-state index contributed by atoms with van der Waals surface area (Å²) in [5, 5.41) is 6.12.